The van der Waals surface area contributed by atoms with Gasteiger partial charge in [0.05, 0.1) is 18.0 Å². The molecule has 0 spiro atoms. The molecule has 0 saturated carbocycles. The topological polar surface area (TPSA) is 38.5 Å². The molecule has 1 aromatic carbocycles. The quantitative estimate of drug-likeness (QED) is 0.770. The van der Waals surface area contributed by atoms with Gasteiger partial charge >= 0.3 is 0 Å². The standard InChI is InChI=1S/C14H23ClN2O/c1-4-12(5-2)17(8-9-18-3)14-10-11(15)6-7-13(14)16/h6-7,10,12H,4-5,8-9,16H2,1-3H3. The zero-order chi connectivity index (χ0) is 13.5. The van der Waals surface area contributed by atoms with Crippen LogP contribution in [0.1, 0.15) is 26.7 Å². The van der Waals surface area contributed by atoms with Gasteiger partial charge in [-0.1, -0.05) is 25.4 Å². The third kappa shape index (κ3) is 3.79. The Morgan fingerprint density at radius 3 is 2.56 bits per heavy atom. The second kappa shape index (κ2) is 7.49. The van der Waals surface area contributed by atoms with Crippen LogP contribution in [0.3, 0.4) is 0 Å². The van der Waals surface area contributed by atoms with Gasteiger partial charge < -0.3 is 15.4 Å². The Morgan fingerprint density at radius 2 is 2.00 bits per heavy atom. The van der Waals surface area contributed by atoms with Gasteiger partial charge in [-0.15, -0.1) is 0 Å². The molecule has 0 amide bonds. The molecule has 0 aliphatic rings. The molecule has 0 unspecified atom stereocenters. The monoisotopic (exact) mass is 270 g/mol. The van der Waals surface area contributed by atoms with Crippen molar-refractivity contribution in [3.05, 3.63) is 23.2 Å². The maximum Gasteiger partial charge on any atom is 0.0637 e. The van der Waals surface area contributed by atoms with E-state index in [0.29, 0.717) is 17.7 Å². The second-order valence-corrected chi connectivity index (χ2v) is 4.80. The zero-order valence-electron chi connectivity index (χ0n) is 11.4. The minimum Gasteiger partial charge on any atom is -0.397 e. The molecule has 2 N–H and O–H groups in total. The Hall–Kier alpha value is -0.930. The van der Waals surface area contributed by atoms with Gasteiger partial charge in [-0.3, -0.25) is 0 Å². The first-order valence-electron chi connectivity index (χ1n) is 6.44. The number of nitrogens with two attached hydrogens (primary N) is 1. The van der Waals surface area contributed by atoms with E-state index < -0.39 is 0 Å². The number of hydrogen-bond acceptors (Lipinski definition) is 3. The molecule has 0 radical (unpaired) electrons. The molecule has 0 heterocycles. The summed E-state index contributed by atoms with van der Waals surface area (Å²) in [5.41, 5.74) is 7.84. The fraction of sp³-hybridized carbons (Fsp3) is 0.571. The molecule has 0 aliphatic heterocycles. The number of hydrogen-bond donors (Lipinski definition) is 1. The first kappa shape index (κ1) is 15.1. The fourth-order valence-corrected chi connectivity index (χ4v) is 2.35. The normalized spacial score (nSPS) is 10.9. The van der Waals surface area contributed by atoms with E-state index in [-0.39, 0.29) is 0 Å². The van der Waals surface area contributed by atoms with Crippen molar-refractivity contribution >= 4 is 23.0 Å². The lowest BCUT2D eigenvalue weighted by atomic mass is 10.1. The van der Waals surface area contributed by atoms with E-state index in [2.05, 4.69) is 18.7 Å². The predicted molar refractivity (Wildman–Crippen MR) is 79.5 cm³/mol. The van der Waals surface area contributed by atoms with Crippen molar-refractivity contribution in [2.45, 2.75) is 32.7 Å². The van der Waals surface area contributed by atoms with Crippen molar-refractivity contribution in [1.82, 2.24) is 0 Å². The molecule has 102 valence electrons. The van der Waals surface area contributed by atoms with Crippen LogP contribution in [0, 0.1) is 0 Å². The number of nitrogen functional groups attached to an aromatic ring is 1. The average molecular weight is 271 g/mol. The van der Waals surface area contributed by atoms with Crippen LogP contribution in [0.15, 0.2) is 18.2 Å². The lowest BCUT2D eigenvalue weighted by Crippen LogP contribution is -2.37. The Kier molecular flexibility index (Phi) is 6.30. The van der Waals surface area contributed by atoms with Gasteiger partial charge in [0.1, 0.15) is 0 Å². The van der Waals surface area contributed by atoms with E-state index in [1.165, 1.54) is 0 Å². The first-order valence-corrected chi connectivity index (χ1v) is 6.82. The van der Waals surface area contributed by atoms with Crippen molar-refractivity contribution < 1.29 is 4.74 Å². The molecule has 0 aliphatic carbocycles. The molecule has 1 aromatic rings. The molecular weight excluding hydrogens is 248 g/mol. The lowest BCUT2D eigenvalue weighted by Gasteiger charge is -2.33. The van der Waals surface area contributed by atoms with Crippen molar-refractivity contribution in [3.63, 3.8) is 0 Å². The molecule has 0 fully saturated rings. The SMILES string of the molecule is CCC(CC)N(CCOC)c1cc(Cl)ccc1N. The fourth-order valence-electron chi connectivity index (χ4n) is 2.18. The maximum absolute atomic E-state index is 6.07. The Bertz CT molecular complexity index is 367. The van der Waals surface area contributed by atoms with Crippen LogP contribution in [0.5, 0.6) is 0 Å². The highest BCUT2D eigenvalue weighted by Crippen LogP contribution is 2.29. The third-order valence-corrected chi connectivity index (χ3v) is 3.46. The molecule has 0 aromatic heterocycles. The number of ether oxygens (including phenoxy) is 1. The second-order valence-electron chi connectivity index (χ2n) is 4.36. The maximum atomic E-state index is 6.07. The number of halogens is 1. The molecule has 0 atom stereocenters. The summed E-state index contributed by atoms with van der Waals surface area (Å²) in [6, 6.07) is 6.08. The van der Waals surface area contributed by atoms with Gasteiger partial charge in [-0.2, -0.15) is 0 Å². The van der Waals surface area contributed by atoms with Gasteiger partial charge in [0, 0.05) is 24.7 Å². The number of rotatable bonds is 7. The van der Waals surface area contributed by atoms with E-state index in [1.54, 1.807) is 7.11 Å². The summed E-state index contributed by atoms with van der Waals surface area (Å²) in [5.74, 6) is 0. The van der Waals surface area contributed by atoms with Crippen LogP contribution in [-0.4, -0.2) is 26.3 Å². The zero-order valence-corrected chi connectivity index (χ0v) is 12.2. The molecule has 0 saturated heterocycles. The van der Waals surface area contributed by atoms with Gasteiger partial charge in [0.25, 0.3) is 0 Å². The Balaban J connectivity index is 3.03. The number of methoxy groups -OCH3 is 1. The largest absolute Gasteiger partial charge is 0.397 e. The van der Waals surface area contributed by atoms with E-state index >= 15 is 0 Å². The van der Waals surface area contributed by atoms with Crippen molar-refractivity contribution in [2.24, 2.45) is 0 Å². The highest BCUT2D eigenvalue weighted by molar-refractivity contribution is 6.31. The highest BCUT2D eigenvalue weighted by Gasteiger charge is 2.17. The summed E-state index contributed by atoms with van der Waals surface area (Å²) in [4.78, 5) is 2.30. The predicted octanol–water partition coefficient (Wildman–Crippen LogP) is 3.56. The first-order chi connectivity index (χ1) is 8.63. The molecule has 4 heteroatoms. The summed E-state index contributed by atoms with van der Waals surface area (Å²) in [5, 5.41) is 0.715. The van der Waals surface area contributed by atoms with Crippen LogP contribution in [0.4, 0.5) is 11.4 Å². The van der Waals surface area contributed by atoms with E-state index in [9.17, 15) is 0 Å². The summed E-state index contributed by atoms with van der Waals surface area (Å²) < 4.78 is 5.19. The number of nitrogens with zero attached hydrogens (tertiary/aromatic N) is 1. The lowest BCUT2D eigenvalue weighted by molar-refractivity contribution is 0.202. The van der Waals surface area contributed by atoms with Crippen LogP contribution >= 0.6 is 11.6 Å². The third-order valence-electron chi connectivity index (χ3n) is 3.22. The minimum absolute atomic E-state index is 0.459. The highest BCUT2D eigenvalue weighted by atomic mass is 35.5. The van der Waals surface area contributed by atoms with E-state index in [0.717, 1.165) is 30.8 Å². The Morgan fingerprint density at radius 1 is 1.33 bits per heavy atom. The van der Waals surface area contributed by atoms with Crippen LogP contribution in [0.2, 0.25) is 5.02 Å². The minimum atomic E-state index is 0.459. The van der Waals surface area contributed by atoms with Crippen molar-refractivity contribution in [2.75, 3.05) is 30.9 Å². The summed E-state index contributed by atoms with van der Waals surface area (Å²) in [6.07, 6.45) is 2.15. The summed E-state index contributed by atoms with van der Waals surface area (Å²) >= 11 is 6.07. The molecule has 1 rings (SSSR count). The average Bonchev–Trinajstić information content (AvgIpc) is 2.38. The van der Waals surface area contributed by atoms with Crippen LogP contribution in [-0.2, 0) is 4.74 Å². The van der Waals surface area contributed by atoms with Gasteiger partial charge in [0.2, 0.25) is 0 Å². The Labute approximate surface area is 115 Å². The van der Waals surface area contributed by atoms with Crippen molar-refractivity contribution in [3.8, 4) is 0 Å². The molecule has 18 heavy (non-hydrogen) atoms. The smallest absolute Gasteiger partial charge is 0.0637 e. The van der Waals surface area contributed by atoms with Crippen LogP contribution in [0.25, 0.3) is 0 Å². The number of benzene rings is 1. The van der Waals surface area contributed by atoms with E-state index in [4.69, 9.17) is 22.1 Å². The van der Waals surface area contributed by atoms with E-state index in [1.807, 2.05) is 18.2 Å². The van der Waals surface area contributed by atoms with Crippen molar-refractivity contribution in [1.29, 1.82) is 0 Å². The van der Waals surface area contributed by atoms with Gasteiger partial charge in [-0.05, 0) is 31.0 Å². The summed E-state index contributed by atoms with van der Waals surface area (Å²) in [7, 11) is 1.71. The molecular formula is C14H23ClN2O. The molecule has 0 bridgehead atoms. The number of anilines is 2. The van der Waals surface area contributed by atoms with Gasteiger partial charge in [-0.25, -0.2) is 0 Å². The van der Waals surface area contributed by atoms with Gasteiger partial charge in [0.15, 0.2) is 0 Å². The molecule has 3 nitrogen and oxygen atoms in total. The van der Waals surface area contributed by atoms with Crippen LogP contribution < -0.4 is 10.6 Å². The summed E-state index contributed by atoms with van der Waals surface area (Å²) in [6.45, 7) is 5.89.